The molecule has 4 nitrogen and oxygen atoms in total. The Bertz CT molecular complexity index is 547. The van der Waals surface area contributed by atoms with E-state index in [1.165, 1.54) is 0 Å². The topological polar surface area (TPSA) is 38.2 Å². The van der Waals surface area contributed by atoms with Crippen molar-refractivity contribution in [1.82, 2.24) is 9.97 Å². The third-order valence-corrected chi connectivity index (χ3v) is 3.12. The minimum atomic E-state index is 0.281. The summed E-state index contributed by atoms with van der Waals surface area (Å²) in [5, 5.41) is 1.30. The molecule has 1 aromatic heterocycles. The molecule has 0 aliphatic rings. The zero-order chi connectivity index (χ0) is 13.7. The third kappa shape index (κ3) is 3.33. The van der Waals surface area contributed by atoms with Crippen LogP contribution in [0.4, 0.5) is 5.82 Å². The van der Waals surface area contributed by atoms with Crippen LogP contribution in [0.1, 0.15) is 13.8 Å². The molecule has 2 aromatic rings. The molecule has 0 bridgehead atoms. The zero-order valence-electron chi connectivity index (χ0n) is 11.3. The van der Waals surface area contributed by atoms with Crippen LogP contribution in [0.5, 0.6) is 0 Å². The van der Waals surface area contributed by atoms with Crippen molar-refractivity contribution in [3.05, 3.63) is 29.5 Å². The molecule has 0 fully saturated rings. The van der Waals surface area contributed by atoms with Gasteiger partial charge in [0.2, 0.25) is 5.28 Å². The second-order valence-electron chi connectivity index (χ2n) is 4.11. The van der Waals surface area contributed by atoms with Gasteiger partial charge in [0.1, 0.15) is 5.82 Å². The zero-order valence-corrected chi connectivity index (χ0v) is 12.0. The Hall–Kier alpha value is -1.39. The molecule has 0 aliphatic carbocycles. The molecule has 5 heteroatoms. The van der Waals surface area contributed by atoms with Gasteiger partial charge in [0, 0.05) is 25.1 Å². The number of anilines is 1. The molecule has 0 atom stereocenters. The van der Waals surface area contributed by atoms with Crippen LogP contribution < -0.4 is 4.90 Å². The van der Waals surface area contributed by atoms with E-state index >= 15 is 0 Å². The number of benzene rings is 1. The predicted molar refractivity (Wildman–Crippen MR) is 78.9 cm³/mol. The van der Waals surface area contributed by atoms with Crippen molar-refractivity contribution in [2.24, 2.45) is 0 Å². The second-order valence-corrected chi connectivity index (χ2v) is 4.45. The van der Waals surface area contributed by atoms with Crippen molar-refractivity contribution in [3.8, 4) is 0 Å². The lowest BCUT2D eigenvalue weighted by Crippen LogP contribution is -2.28. The smallest absolute Gasteiger partial charge is 0.224 e. The molecule has 1 aromatic carbocycles. The van der Waals surface area contributed by atoms with Gasteiger partial charge in [-0.05, 0) is 37.6 Å². The number of fused-ring (bicyclic) bond motifs is 1. The first kappa shape index (κ1) is 14.0. The molecule has 0 amide bonds. The standard InChI is InChI=1S/C14H18ClN3O/c1-3-18(9-10-19-4-2)13-11-7-5-6-8-12(11)16-14(15)17-13/h5-8H,3-4,9-10H2,1-2H3. The van der Waals surface area contributed by atoms with E-state index in [9.17, 15) is 0 Å². The Kier molecular flexibility index (Phi) is 4.93. The van der Waals surface area contributed by atoms with Gasteiger partial charge in [-0.15, -0.1) is 0 Å². The molecule has 1 heterocycles. The number of ether oxygens (including phenoxy) is 1. The Balaban J connectivity index is 2.35. The van der Waals surface area contributed by atoms with Gasteiger partial charge in [-0.25, -0.2) is 4.98 Å². The second kappa shape index (κ2) is 6.68. The van der Waals surface area contributed by atoms with Gasteiger partial charge in [-0.3, -0.25) is 0 Å². The van der Waals surface area contributed by atoms with Gasteiger partial charge in [0.25, 0.3) is 0 Å². The molecule has 102 valence electrons. The molecule has 0 spiro atoms. The number of hydrogen-bond donors (Lipinski definition) is 0. The van der Waals surface area contributed by atoms with E-state index in [1.54, 1.807) is 0 Å². The van der Waals surface area contributed by atoms with E-state index in [4.69, 9.17) is 16.3 Å². The van der Waals surface area contributed by atoms with Crippen molar-refractivity contribution >= 4 is 28.3 Å². The number of hydrogen-bond acceptors (Lipinski definition) is 4. The summed E-state index contributed by atoms with van der Waals surface area (Å²) < 4.78 is 5.41. The summed E-state index contributed by atoms with van der Waals surface area (Å²) in [5.41, 5.74) is 0.868. The molecule has 0 saturated heterocycles. The number of nitrogens with zero attached hydrogens (tertiary/aromatic N) is 3. The normalized spacial score (nSPS) is 10.9. The van der Waals surface area contributed by atoms with E-state index in [0.717, 1.165) is 36.4 Å². The highest BCUT2D eigenvalue weighted by Crippen LogP contribution is 2.24. The maximum atomic E-state index is 6.01. The summed E-state index contributed by atoms with van der Waals surface area (Å²) >= 11 is 6.01. The van der Waals surface area contributed by atoms with Crippen molar-refractivity contribution in [2.75, 3.05) is 31.2 Å². The molecule has 0 radical (unpaired) electrons. The fourth-order valence-corrected chi connectivity index (χ4v) is 2.18. The monoisotopic (exact) mass is 279 g/mol. The maximum absolute atomic E-state index is 6.01. The summed E-state index contributed by atoms with van der Waals surface area (Å²) in [7, 11) is 0. The number of para-hydroxylation sites is 1. The minimum absolute atomic E-state index is 0.281. The highest BCUT2D eigenvalue weighted by atomic mass is 35.5. The molecule has 0 aliphatic heterocycles. The average Bonchev–Trinajstić information content (AvgIpc) is 2.43. The predicted octanol–water partition coefficient (Wildman–Crippen LogP) is 3.15. The highest BCUT2D eigenvalue weighted by molar-refractivity contribution is 6.28. The van der Waals surface area contributed by atoms with E-state index in [2.05, 4.69) is 21.8 Å². The molecule has 2 rings (SSSR count). The number of aromatic nitrogens is 2. The first-order valence-electron chi connectivity index (χ1n) is 6.51. The third-order valence-electron chi connectivity index (χ3n) is 2.95. The van der Waals surface area contributed by atoms with Gasteiger partial charge in [0.05, 0.1) is 12.1 Å². The summed E-state index contributed by atoms with van der Waals surface area (Å²) in [5.74, 6) is 0.873. The van der Waals surface area contributed by atoms with Gasteiger partial charge in [0.15, 0.2) is 0 Å². The van der Waals surface area contributed by atoms with E-state index in [-0.39, 0.29) is 5.28 Å². The quantitative estimate of drug-likeness (QED) is 0.601. The first-order valence-corrected chi connectivity index (χ1v) is 6.89. The van der Waals surface area contributed by atoms with Crippen LogP contribution in [-0.2, 0) is 4.74 Å². The van der Waals surface area contributed by atoms with Gasteiger partial charge in [-0.1, -0.05) is 12.1 Å². The summed E-state index contributed by atoms with van der Waals surface area (Å²) in [4.78, 5) is 10.8. The summed E-state index contributed by atoms with van der Waals surface area (Å²) in [6.45, 7) is 7.14. The number of rotatable bonds is 6. The Morgan fingerprint density at radius 2 is 2.00 bits per heavy atom. The number of halogens is 1. The largest absolute Gasteiger partial charge is 0.380 e. The lowest BCUT2D eigenvalue weighted by Gasteiger charge is -2.23. The molecule has 19 heavy (non-hydrogen) atoms. The van der Waals surface area contributed by atoms with Crippen molar-refractivity contribution in [2.45, 2.75) is 13.8 Å². The molecular weight excluding hydrogens is 262 g/mol. The number of likely N-dealkylation sites (N-methyl/N-ethyl adjacent to an activating group) is 1. The van der Waals surface area contributed by atoms with Crippen LogP contribution in [0.15, 0.2) is 24.3 Å². The van der Waals surface area contributed by atoms with Crippen LogP contribution >= 0.6 is 11.6 Å². The fourth-order valence-electron chi connectivity index (χ4n) is 2.01. The summed E-state index contributed by atoms with van der Waals surface area (Å²) in [6, 6.07) is 7.90. The molecule has 0 N–H and O–H groups in total. The van der Waals surface area contributed by atoms with E-state index in [0.29, 0.717) is 6.61 Å². The Morgan fingerprint density at radius 1 is 1.21 bits per heavy atom. The first-order chi connectivity index (χ1) is 9.26. The van der Waals surface area contributed by atoms with Crippen LogP contribution in [-0.4, -0.2) is 36.3 Å². The van der Waals surface area contributed by atoms with Crippen molar-refractivity contribution < 1.29 is 4.74 Å². The average molecular weight is 280 g/mol. The lowest BCUT2D eigenvalue weighted by molar-refractivity contribution is 0.154. The van der Waals surface area contributed by atoms with Crippen molar-refractivity contribution in [1.29, 1.82) is 0 Å². The molecular formula is C14H18ClN3O. The molecule has 0 saturated carbocycles. The fraction of sp³-hybridized carbons (Fsp3) is 0.429. The maximum Gasteiger partial charge on any atom is 0.224 e. The lowest BCUT2D eigenvalue weighted by atomic mass is 10.2. The van der Waals surface area contributed by atoms with E-state index in [1.807, 2.05) is 31.2 Å². The summed E-state index contributed by atoms with van der Waals surface area (Å²) in [6.07, 6.45) is 0. The van der Waals surface area contributed by atoms with E-state index < -0.39 is 0 Å². The van der Waals surface area contributed by atoms with Gasteiger partial charge < -0.3 is 9.64 Å². The highest BCUT2D eigenvalue weighted by Gasteiger charge is 2.12. The van der Waals surface area contributed by atoms with Crippen molar-refractivity contribution in [3.63, 3.8) is 0 Å². The SMILES string of the molecule is CCOCCN(CC)c1nc(Cl)nc2ccccc12. The molecule has 0 unspecified atom stereocenters. The van der Waals surface area contributed by atoms with Gasteiger partial charge >= 0.3 is 0 Å². The Labute approximate surface area is 118 Å². The van der Waals surface area contributed by atoms with Gasteiger partial charge in [-0.2, -0.15) is 4.98 Å². The van der Waals surface area contributed by atoms with Crippen LogP contribution in [0.2, 0.25) is 5.28 Å². The Morgan fingerprint density at radius 3 is 2.74 bits per heavy atom. The van der Waals surface area contributed by atoms with Crippen LogP contribution in [0.25, 0.3) is 10.9 Å². The minimum Gasteiger partial charge on any atom is -0.380 e. The van der Waals surface area contributed by atoms with Crippen LogP contribution in [0.3, 0.4) is 0 Å². The van der Waals surface area contributed by atoms with Crippen LogP contribution in [0, 0.1) is 0 Å².